The van der Waals surface area contributed by atoms with Gasteiger partial charge in [0.15, 0.2) is 0 Å². The van der Waals surface area contributed by atoms with Gasteiger partial charge < -0.3 is 11.1 Å². The van der Waals surface area contributed by atoms with Crippen LogP contribution in [0.4, 0.5) is 5.69 Å². The zero-order valence-electron chi connectivity index (χ0n) is 8.80. The Morgan fingerprint density at radius 3 is 2.47 bits per heavy atom. The quantitative estimate of drug-likeness (QED) is 0.841. The Labute approximate surface area is 114 Å². The molecule has 1 fully saturated rings. The molecule has 6 heteroatoms. The van der Waals surface area contributed by atoms with Gasteiger partial charge in [-0.05, 0) is 31.0 Å². The van der Waals surface area contributed by atoms with Gasteiger partial charge in [-0.2, -0.15) is 0 Å². The summed E-state index contributed by atoms with van der Waals surface area (Å²) in [6, 6.07) is 4.90. The van der Waals surface area contributed by atoms with Crippen LogP contribution >= 0.6 is 35.4 Å². The smallest absolute Gasteiger partial charge is 0.237 e. The van der Waals surface area contributed by atoms with Crippen LogP contribution in [0.1, 0.15) is 12.8 Å². The maximum absolute atomic E-state index is 12.0. The molecule has 0 spiro atoms. The highest BCUT2D eigenvalue weighted by Crippen LogP contribution is 2.46. The molecule has 0 heterocycles. The second-order valence-corrected chi connectivity index (χ2v) is 5.28. The minimum atomic E-state index is -0.665. The number of thiocarbonyl (C=S) groups is 1. The number of rotatable bonds is 3. The van der Waals surface area contributed by atoms with Gasteiger partial charge in [-0.3, -0.25) is 4.79 Å². The number of anilines is 1. The Balaban J connectivity index is 2.14. The van der Waals surface area contributed by atoms with Gasteiger partial charge in [0.25, 0.3) is 0 Å². The third kappa shape index (κ3) is 2.39. The summed E-state index contributed by atoms with van der Waals surface area (Å²) in [5, 5.41) is 3.58. The monoisotopic (exact) mass is 288 g/mol. The van der Waals surface area contributed by atoms with Gasteiger partial charge in [0.1, 0.15) is 0 Å². The highest BCUT2D eigenvalue weighted by Gasteiger charge is 2.52. The molecule has 1 saturated carbocycles. The van der Waals surface area contributed by atoms with Crippen LogP contribution in [-0.4, -0.2) is 10.9 Å². The van der Waals surface area contributed by atoms with Crippen molar-refractivity contribution in [3.8, 4) is 0 Å². The van der Waals surface area contributed by atoms with Crippen molar-refractivity contribution in [1.29, 1.82) is 0 Å². The lowest BCUT2D eigenvalue weighted by molar-refractivity contribution is -0.118. The number of hydrogen-bond acceptors (Lipinski definition) is 2. The number of benzene rings is 1. The summed E-state index contributed by atoms with van der Waals surface area (Å²) in [4.78, 5) is 12.2. The van der Waals surface area contributed by atoms with E-state index in [4.69, 9.17) is 41.2 Å². The molecule has 3 nitrogen and oxygen atoms in total. The number of carbonyl (C=O) groups is 1. The molecule has 17 heavy (non-hydrogen) atoms. The average Bonchev–Trinajstić information content (AvgIpc) is 3.04. The van der Waals surface area contributed by atoms with E-state index in [1.165, 1.54) is 0 Å². The molecule has 0 bridgehead atoms. The van der Waals surface area contributed by atoms with Crippen molar-refractivity contribution in [2.75, 3.05) is 5.32 Å². The lowest BCUT2D eigenvalue weighted by Crippen LogP contribution is -2.34. The third-order valence-corrected chi connectivity index (χ3v) is 3.96. The molecule has 90 valence electrons. The van der Waals surface area contributed by atoms with Crippen LogP contribution in [0.15, 0.2) is 18.2 Å². The summed E-state index contributed by atoms with van der Waals surface area (Å²) in [7, 11) is 0. The second kappa shape index (κ2) is 4.44. The number of halogens is 2. The zero-order valence-corrected chi connectivity index (χ0v) is 11.1. The van der Waals surface area contributed by atoms with Crippen LogP contribution in [0.3, 0.4) is 0 Å². The van der Waals surface area contributed by atoms with E-state index in [9.17, 15) is 4.79 Å². The van der Waals surface area contributed by atoms with Gasteiger partial charge >= 0.3 is 0 Å². The van der Waals surface area contributed by atoms with E-state index in [1.807, 2.05) is 0 Å². The highest BCUT2D eigenvalue weighted by atomic mass is 35.5. The molecule has 0 atom stereocenters. The summed E-state index contributed by atoms with van der Waals surface area (Å²) in [5.74, 6) is -0.177. The first-order valence-electron chi connectivity index (χ1n) is 5.02. The number of hydrogen-bond donors (Lipinski definition) is 2. The van der Waals surface area contributed by atoms with E-state index < -0.39 is 5.41 Å². The van der Waals surface area contributed by atoms with Crippen molar-refractivity contribution in [2.24, 2.45) is 11.1 Å². The molecule has 0 aromatic heterocycles. The molecule has 1 amide bonds. The summed E-state index contributed by atoms with van der Waals surface area (Å²) in [5.41, 5.74) is 5.49. The van der Waals surface area contributed by atoms with Crippen molar-refractivity contribution in [3.05, 3.63) is 28.2 Å². The molecule has 0 radical (unpaired) electrons. The Morgan fingerprint density at radius 2 is 2.00 bits per heavy atom. The lowest BCUT2D eigenvalue weighted by Gasteiger charge is -2.13. The van der Waals surface area contributed by atoms with Crippen molar-refractivity contribution in [3.63, 3.8) is 0 Å². The lowest BCUT2D eigenvalue weighted by atomic mass is 10.1. The van der Waals surface area contributed by atoms with E-state index in [0.29, 0.717) is 28.6 Å². The Morgan fingerprint density at radius 1 is 1.35 bits per heavy atom. The van der Waals surface area contributed by atoms with Crippen LogP contribution in [-0.2, 0) is 4.79 Å². The van der Waals surface area contributed by atoms with Crippen LogP contribution in [0.25, 0.3) is 0 Å². The molecule has 1 aliphatic carbocycles. The normalized spacial score (nSPS) is 16.4. The number of nitrogens with one attached hydrogen (secondary N) is 1. The first-order valence-corrected chi connectivity index (χ1v) is 6.18. The summed E-state index contributed by atoms with van der Waals surface area (Å²) >= 11 is 16.5. The van der Waals surface area contributed by atoms with Gasteiger partial charge in [-0.15, -0.1) is 0 Å². The number of amides is 1. The Hall–Kier alpha value is -0.840. The number of carbonyl (C=O) groups excluding carboxylic acids is 1. The maximum Gasteiger partial charge on any atom is 0.237 e. The summed E-state index contributed by atoms with van der Waals surface area (Å²) < 4.78 is 0. The van der Waals surface area contributed by atoms with E-state index in [0.717, 1.165) is 0 Å². The second-order valence-electron chi connectivity index (χ2n) is 4.03. The summed E-state index contributed by atoms with van der Waals surface area (Å²) in [6.45, 7) is 0. The molecule has 1 aromatic carbocycles. The molecule has 0 unspecified atom stereocenters. The predicted octanol–water partition coefficient (Wildman–Crippen LogP) is 3.00. The predicted molar refractivity (Wildman–Crippen MR) is 73.5 cm³/mol. The van der Waals surface area contributed by atoms with E-state index >= 15 is 0 Å². The molecule has 0 saturated heterocycles. The fraction of sp³-hybridized carbons (Fsp3) is 0.273. The van der Waals surface area contributed by atoms with Crippen LogP contribution in [0, 0.1) is 5.41 Å². The van der Waals surface area contributed by atoms with Gasteiger partial charge in [0.05, 0.1) is 20.4 Å². The zero-order chi connectivity index (χ0) is 12.6. The van der Waals surface area contributed by atoms with Crippen molar-refractivity contribution >= 4 is 52.0 Å². The molecule has 1 aromatic rings. The SMILES string of the molecule is NC(=S)C1(C(=O)Nc2ccc(Cl)c(Cl)c2)CC1. The van der Waals surface area contributed by atoms with Crippen molar-refractivity contribution in [2.45, 2.75) is 12.8 Å². The van der Waals surface area contributed by atoms with Gasteiger partial charge in [0.2, 0.25) is 5.91 Å². The van der Waals surface area contributed by atoms with E-state index in [-0.39, 0.29) is 10.9 Å². The fourth-order valence-electron chi connectivity index (χ4n) is 1.53. The standard InChI is InChI=1S/C11H10Cl2N2OS/c12-7-2-1-6(5-8(7)13)15-10(16)11(3-4-11)9(14)17/h1-2,5H,3-4H2,(H2,14,17)(H,15,16). The van der Waals surface area contributed by atoms with Gasteiger partial charge in [-0.1, -0.05) is 35.4 Å². The Kier molecular flexibility index (Phi) is 3.30. The first-order chi connectivity index (χ1) is 7.95. The van der Waals surface area contributed by atoms with Crippen LogP contribution < -0.4 is 11.1 Å². The Bertz CT molecular complexity index is 500. The minimum absolute atomic E-state index is 0.177. The molecule has 0 aliphatic heterocycles. The van der Waals surface area contributed by atoms with E-state index in [2.05, 4.69) is 5.32 Å². The minimum Gasteiger partial charge on any atom is -0.392 e. The van der Waals surface area contributed by atoms with E-state index in [1.54, 1.807) is 18.2 Å². The maximum atomic E-state index is 12.0. The summed E-state index contributed by atoms with van der Waals surface area (Å²) in [6.07, 6.45) is 1.41. The highest BCUT2D eigenvalue weighted by molar-refractivity contribution is 7.80. The van der Waals surface area contributed by atoms with Crippen molar-refractivity contribution < 1.29 is 4.79 Å². The largest absolute Gasteiger partial charge is 0.392 e. The molecular weight excluding hydrogens is 279 g/mol. The van der Waals surface area contributed by atoms with Crippen molar-refractivity contribution in [1.82, 2.24) is 0 Å². The molecular formula is C11H10Cl2N2OS. The molecule has 3 N–H and O–H groups in total. The molecule has 2 rings (SSSR count). The first kappa shape index (κ1) is 12.6. The fourth-order valence-corrected chi connectivity index (χ4v) is 2.13. The van der Waals surface area contributed by atoms with Crippen LogP contribution in [0.5, 0.6) is 0 Å². The topological polar surface area (TPSA) is 55.1 Å². The molecule has 1 aliphatic rings. The third-order valence-electron chi connectivity index (χ3n) is 2.83. The van der Waals surface area contributed by atoms with Gasteiger partial charge in [-0.25, -0.2) is 0 Å². The van der Waals surface area contributed by atoms with Gasteiger partial charge in [0, 0.05) is 5.69 Å². The number of nitrogens with two attached hydrogens (primary N) is 1. The van der Waals surface area contributed by atoms with Crippen LogP contribution in [0.2, 0.25) is 10.0 Å². The average molecular weight is 289 g/mol.